The second-order valence-electron chi connectivity index (χ2n) is 3.77. The Morgan fingerprint density at radius 2 is 1.94 bits per heavy atom. The molecule has 0 fully saturated rings. The van der Waals surface area contributed by atoms with Gasteiger partial charge in [-0.15, -0.1) is 0 Å². The maximum absolute atomic E-state index is 8.61. The highest BCUT2D eigenvalue weighted by atomic mass is 16.5. The number of rotatable bonds is 6. The van der Waals surface area contributed by atoms with E-state index in [-0.39, 0.29) is 0 Å². The molecule has 0 heterocycles. The SMILES string of the molecule is CCCCCOc1ccc(C(C)=NO)cc1. The summed E-state index contributed by atoms with van der Waals surface area (Å²) in [6, 6.07) is 7.58. The lowest BCUT2D eigenvalue weighted by Gasteiger charge is -2.06. The second kappa shape index (κ2) is 6.88. The summed E-state index contributed by atoms with van der Waals surface area (Å²) in [6.45, 7) is 4.70. The Kier molecular flexibility index (Phi) is 5.40. The largest absolute Gasteiger partial charge is 0.494 e. The Morgan fingerprint density at radius 3 is 2.50 bits per heavy atom. The minimum atomic E-state index is 0.609. The van der Waals surface area contributed by atoms with Crippen molar-refractivity contribution >= 4 is 5.71 Å². The number of ether oxygens (including phenoxy) is 1. The first-order chi connectivity index (χ1) is 7.77. The molecule has 0 aromatic heterocycles. The summed E-state index contributed by atoms with van der Waals surface area (Å²) in [5.74, 6) is 0.866. The van der Waals surface area contributed by atoms with Crippen LogP contribution in [0.3, 0.4) is 0 Å². The van der Waals surface area contributed by atoms with Gasteiger partial charge in [0.05, 0.1) is 12.3 Å². The first-order valence-electron chi connectivity index (χ1n) is 5.69. The molecular formula is C13H19NO2. The highest BCUT2D eigenvalue weighted by Gasteiger charge is 1.98. The predicted molar refractivity (Wildman–Crippen MR) is 65.5 cm³/mol. The number of unbranched alkanes of at least 4 members (excludes halogenated alkanes) is 2. The van der Waals surface area contributed by atoms with E-state index in [4.69, 9.17) is 9.94 Å². The molecule has 1 rings (SSSR count). The van der Waals surface area contributed by atoms with Gasteiger partial charge in [-0.1, -0.05) is 24.9 Å². The first kappa shape index (κ1) is 12.6. The number of nitrogens with zero attached hydrogens (tertiary/aromatic N) is 1. The van der Waals surface area contributed by atoms with Crippen molar-refractivity contribution in [2.45, 2.75) is 33.1 Å². The molecule has 3 nitrogen and oxygen atoms in total. The average Bonchev–Trinajstić information content (AvgIpc) is 2.34. The average molecular weight is 221 g/mol. The molecule has 1 N–H and O–H groups in total. The van der Waals surface area contributed by atoms with Crippen molar-refractivity contribution in [3.63, 3.8) is 0 Å². The molecule has 0 saturated heterocycles. The van der Waals surface area contributed by atoms with E-state index in [1.807, 2.05) is 24.3 Å². The van der Waals surface area contributed by atoms with Crippen LogP contribution in [0.1, 0.15) is 38.7 Å². The van der Waals surface area contributed by atoms with Crippen LogP contribution in [-0.2, 0) is 0 Å². The van der Waals surface area contributed by atoms with E-state index in [1.165, 1.54) is 12.8 Å². The number of hydrogen-bond acceptors (Lipinski definition) is 3. The van der Waals surface area contributed by atoms with E-state index in [1.54, 1.807) is 6.92 Å². The van der Waals surface area contributed by atoms with Gasteiger partial charge in [0, 0.05) is 0 Å². The summed E-state index contributed by atoms with van der Waals surface area (Å²) >= 11 is 0. The monoisotopic (exact) mass is 221 g/mol. The van der Waals surface area contributed by atoms with Crippen LogP contribution in [0.2, 0.25) is 0 Å². The van der Waals surface area contributed by atoms with Crippen molar-refractivity contribution in [2.24, 2.45) is 5.16 Å². The van der Waals surface area contributed by atoms with Gasteiger partial charge in [-0.3, -0.25) is 0 Å². The fourth-order valence-electron chi connectivity index (χ4n) is 1.39. The molecule has 3 heteroatoms. The molecule has 0 radical (unpaired) electrons. The molecule has 0 saturated carbocycles. The molecule has 0 atom stereocenters. The minimum absolute atomic E-state index is 0.609. The third kappa shape index (κ3) is 3.93. The Labute approximate surface area is 96.7 Å². The maximum atomic E-state index is 8.61. The lowest BCUT2D eigenvalue weighted by Crippen LogP contribution is -1.98. The molecule has 0 spiro atoms. The van der Waals surface area contributed by atoms with Gasteiger partial charge < -0.3 is 9.94 Å². The molecule has 16 heavy (non-hydrogen) atoms. The van der Waals surface area contributed by atoms with E-state index >= 15 is 0 Å². The van der Waals surface area contributed by atoms with Crippen molar-refractivity contribution in [2.75, 3.05) is 6.61 Å². The summed E-state index contributed by atoms with van der Waals surface area (Å²) in [5, 5.41) is 11.8. The van der Waals surface area contributed by atoms with Gasteiger partial charge in [-0.25, -0.2) is 0 Å². The molecule has 0 aliphatic rings. The van der Waals surface area contributed by atoms with E-state index < -0.39 is 0 Å². The zero-order valence-electron chi connectivity index (χ0n) is 9.94. The van der Waals surface area contributed by atoms with Crippen LogP contribution in [0.4, 0.5) is 0 Å². The van der Waals surface area contributed by atoms with Crippen LogP contribution in [0.5, 0.6) is 5.75 Å². The van der Waals surface area contributed by atoms with Crippen molar-refractivity contribution in [1.29, 1.82) is 0 Å². The zero-order chi connectivity index (χ0) is 11.8. The second-order valence-corrected chi connectivity index (χ2v) is 3.77. The summed E-state index contributed by atoms with van der Waals surface area (Å²) in [5.41, 5.74) is 1.51. The van der Waals surface area contributed by atoms with Crippen LogP contribution in [0.15, 0.2) is 29.4 Å². The van der Waals surface area contributed by atoms with E-state index in [0.29, 0.717) is 5.71 Å². The quantitative estimate of drug-likeness (QED) is 0.346. The summed E-state index contributed by atoms with van der Waals surface area (Å²) in [7, 11) is 0. The van der Waals surface area contributed by atoms with Gasteiger partial charge in [0.2, 0.25) is 0 Å². The van der Waals surface area contributed by atoms with E-state index in [2.05, 4.69) is 12.1 Å². The molecule has 0 aliphatic heterocycles. The minimum Gasteiger partial charge on any atom is -0.494 e. The number of oxime groups is 1. The van der Waals surface area contributed by atoms with Gasteiger partial charge in [0.15, 0.2) is 0 Å². The first-order valence-corrected chi connectivity index (χ1v) is 5.69. The Morgan fingerprint density at radius 1 is 1.25 bits per heavy atom. The number of hydrogen-bond donors (Lipinski definition) is 1. The molecule has 0 aliphatic carbocycles. The normalized spacial score (nSPS) is 11.5. The predicted octanol–water partition coefficient (Wildman–Crippen LogP) is 3.45. The van der Waals surface area contributed by atoms with Crippen molar-refractivity contribution in [1.82, 2.24) is 0 Å². The maximum Gasteiger partial charge on any atom is 0.119 e. The topological polar surface area (TPSA) is 41.8 Å². The van der Waals surface area contributed by atoms with E-state index in [0.717, 1.165) is 24.3 Å². The van der Waals surface area contributed by atoms with Crippen LogP contribution in [-0.4, -0.2) is 17.5 Å². The fraction of sp³-hybridized carbons (Fsp3) is 0.462. The molecule has 1 aromatic rings. The lowest BCUT2D eigenvalue weighted by molar-refractivity contribution is 0.306. The van der Waals surface area contributed by atoms with Crippen LogP contribution >= 0.6 is 0 Å². The molecule has 0 bridgehead atoms. The van der Waals surface area contributed by atoms with Crippen molar-refractivity contribution in [3.05, 3.63) is 29.8 Å². The highest BCUT2D eigenvalue weighted by molar-refractivity contribution is 5.98. The standard InChI is InChI=1S/C13H19NO2/c1-3-4-5-10-16-13-8-6-12(7-9-13)11(2)14-15/h6-9,15H,3-5,10H2,1-2H3. The molecule has 0 amide bonds. The Bertz CT molecular complexity index is 330. The third-order valence-electron chi connectivity index (χ3n) is 2.44. The Balaban J connectivity index is 2.45. The zero-order valence-corrected chi connectivity index (χ0v) is 9.94. The van der Waals surface area contributed by atoms with Crippen molar-refractivity contribution < 1.29 is 9.94 Å². The summed E-state index contributed by atoms with van der Waals surface area (Å²) < 4.78 is 5.57. The molecular weight excluding hydrogens is 202 g/mol. The van der Waals surface area contributed by atoms with E-state index in [9.17, 15) is 0 Å². The third-order valence-corrected chi connectivity index (χ3v) is 2.44. The van der Waals surface area contributed by atoms with Gasteiger partial charge in [-0.2, -0.15) is 0 Å². The molecule has 1 aromatic carbocycles. The van der Waals surface area contributed by atoms with Gasteiger partial charge in [0.25, 0.3) is 0 Å². The van der Waals surface area contributed by atoms with Crippen LogP contribution < -0.4 is 4.74 Å². The molecule has 0 unspecified atom stereocenters. The highest BCUT2D eigenvalue weighted by Crippen LogP contribution is 2.13. The van der Waals surface area contributed by atoms with Gasteiger partial charge in [0.1, 0.15) is 5.75 Å². The number of benzene rings is 1. The van der Waals surface area contributed by atoms with Crippen molar-refractivity contribution in [3.8, 4) is 5.75 Å². The van der Waals surface area contributed by atoms with Gasteiger partial charge in [-0.05, 0) is 43.2 Å². The lowest BCUT2D eigenvalue weighted by atomic mass is 10.1. The summed E-state index contributed by atoms with van der Waals surface area (Å²) in [4.78, 5) is 0. The van der Waals surface area contributed by atoms with Crippen LogP contribution in [0.25, 0.3) is 0 Å². The van der Waals surface area contributed by atoms with Crippen LogP contribution in [0, 0.1) is 0 Å². The van der Waals surface area contributed by atoms with Gasteiger partial charge >= 0.3 is 0 Å². The fourth-order valence-corrected chi connectivity index (χ4v) is 1.39. The smallest absolute Gasteiger partial charge is 0.119 e. The molecule has 88 valence electrons. The summed E-state index contributed by atoms with van der Waals surface area (Å²) in [6.07, 6.45) is 3.50. The Hall–Kier alpha value is -1.51.